The zero-order valence-corrected chi connectivity index (χ0v) is 22.3. The lowest BCUT2D eigenvalue weighted by molar-refractivity contribution is -0.129. The minimum absolute atomic E-state index is 0.00993. The van der Waals surface area contributed by atoms with Crippen molar-refractivity contribution in [3.8, 4) is 10.4 Å². The molecular formula is C26H28N4O6S2. The van der Waals surface area contributed by atoms with Crippen molar-refractivity contribution in [1.29, 1.82) is 0 Å². The molecule has 4 N–H and O–H groups in total. The second-order valence-corrected chi connectivity index (χ2v) is 12.4. The van der Waals surface area contributed by atoms with E-state index in [9.17, 15) is 28.0 Å². The van der Waals surface area contributed by atoms with Crippen LogP contribution >= 0.6 is 11.3 Å². The molecule has 4 rings (SSSR count). The number of thiophene rings is 1. The number of hydrogen-bond acceptors (Lipinski definition) is 7. The van der Waals surface area contributed by atoms with Crippen LogP contribution in [0.4, 0.5) is 10.5 Å². The van der Waals surface area contributed by atoms with E-state index >= 15 is 0 Å². The van der Waals surface area contributed by atoms with Gasteiger partial charge in [-0.05, 0) is 48.4 Å². The van der Waals surface area contributed by atoms with Crippen molar-refractivity contribution in [3.63, 3.8) is 0 Å². The molecule has 0 radical (unpaired) electrons. The number of carbonyl (C=O) groups excluding carboxylic acids is 3. The zero-order chi connectivity index (χ0) is 27.3. The Morgan fingerprint density at radius 2 is 1.79 bits per heavy atom. The first-order chi connectivity index (χ1) is 18.2. The van der Waals surface area contributed by atoms with Gasteiger partial charge in [0.15, 0.2) is 9.84 Å². The van der Waals surface area contributed by atoms with E-state index in [1.165, 1.54) is 23.3 Å². The molecule has 2 heterocycles. The van der Waals surface area contributed by atoms with Crippen molar-refractivity contribution >= 4 is 44.7 Å². The monoisotopic (exact) mass is 556 g/mol. The average molecular weight is 557 g/mol. The molecule has 1 unspecified atom stereocenters. The highest BCUT2D eigenvalue weighted by molar-refractivity contribution is 7.92. The summed E-state index contributed by atoms with van der Waals surface area (Å²) in [4.78, 5) is 39.9. The van der Waals surface area contributed by atoms with E-state index in [0.717, 1.165) is 10.4 Å². The Balaban J connectivity index is 1.70. The smallest absolute Gasteiger partial charge is 0.318 e. The highest BCUT2D eigenvalue weighted by Crippen LogP contribution is 2.45. The first kappa shape index (κ1) is 27.3. The number of urea groups is 1. The van der Waals surface area contributed by atoms with Gasteiger partial charge < -0.3 is 15.5 Å². The van der Waals surface area contributed by atoms with E-state index in [4.69, 9.17) is 0 Å². The van der Waals surface area contributed by atoms with E-state index in [2.05, 4.69) is 10.6 Å². The van der Waals surface area contributed by atoms with Crippen LogP contribution in [0.5, 0.6) is 0 Å². The normalized spacial score (nSPS) is 18.7. The maximum absolute atomic E-state index is 13.8. The molecule has 0 spiro atoms. The minimum atomic E-state index is -3.95. The van der Waals surface area contributed by atoms with Crippen molar-refractivity contribution in [3.05, 3.63) is 77.2 Å². The van der Waals surface area contributed by atoms with Gasteiger partial charge >= 0.3 is 6.03 Å². The highest BCUT2D eigenvalue weighted by atomic mass is 32.2. The summed E-state index contributed by atoms with van der Waals surface area (Å²) in [7, 11) is -2.44. The van der Waals surface area contributed by atoms with Gasteiger partial charge in [-0.15, -0.1) is 11.3 Å². The maximum atomic E-state index is 13.8. The molecule has 0 saturated carbocycles. The van der Waals surface area contributed by atoms with Crippen molar-refractivity contribution in [2.45, 2.75) is 17.6 Å². The van der Waals surface area contributed by atoms with Crippen LogP contribution in [0.1, 0.15) is 28.1 Å². The van der Waals surface area contributed by atoms with Gasteiger partial charge in [-0.2, -0.15) is 0 Å². The average Bonchev–Trinajstić information content (AvgIpc) is 3.38. The Morgan fingerprint density at radius 1 is 1.03 bits per heavy atom. The van der Waals surface area contributed by atoms with Gasteiger partial charge in [0.1, 0.15) is 4.75 Å². The topological polar surface area (TPSA) is 145 Å². The Hall–Kier alpha value is -3.74. The number of rotatable bonds is 6. The quantitative estimate of drug-likeness (QED) is 0.271. The second-order valence-electron chi connectivity index (χ2n) is 8.88. The Morgan fingerprint density at radius 3 is 2.50 bits per heavy atom. The van der Waals surface area contributed by atoms with Gasteiger partial charge in [-0.3, -0.25) is 14.8 Å². The van der Waals surface area contributed by atoms with Crippen LogP contribution in [0.2, 0.25) is 0 Å². The van der Waals surface area contributed by atoms with Crippen molar-refractivity contribution < 1.29 is 28.0 Å². The number of hydrogen-bond donors (Lipinski definition) is 4. The molecule has 38 heavy (non-hydrogen) atoms. The number of anilines is 1. The Kier molecular flexibility index (Phi) is 8.14. The lowest BCUT2D eigenvalue weighted by Crippen LogP contribution is -2.41. The molecule has 200 valence electrons. The summed E-state index contributed by atoms with van der Waals surface area (Å²) >= 11 is 1.22. The molecule has 1 fully saturated rings. The number of hydroxylamine groups is 1. The molecule has 1 aromatic heterocycles. The molecule has 0 bridgehead atoms. The van der Waals surface area contributed by atoms with Crippen LogP contribution in [-0.4, -0.2) is 62.3 Å². The fraction of sp³-hybridized carbons (Fsp3) is 0.269. The van der Waals surface area contributed by atoms with Crippen molar-refractivity contribution in [1.82, 2.24) is 15.7 Å². The Bertz CT molecular complexity index is 1440. The molecule has 2 aromatic carbocycles. The summed E-state index contributed by atoms with van der Waals surface area (Å²) in [6, 6.07) is 18.8. The fourth-order valence-electron chi connectivity index (χ4n) is 4.52. The predicted molar refractivity (Wildman–Crippen MR) is 145 cm³/mol. The fourth-order valence-corrected chi connectivity index (χ4v) is 8.12. The largest absolute Gasteiger partial charge is 0.341 e. The Labute approximate surface area is 224 Å². The summed E-state index contributed by atoms with van der Waals surface area (Å²) in [5, 5.41) is 14.5. The van der Waals surface area contributed by atoms with Crippen LogP contribution < -0.4 is 16.1 Å². The third kappa shape index (κ3) is 5.57. The lowest BCUT2D eigenvalue weighted by atomic mass is 9.97. The first-order valence-corrected chi connectivity index (χ1v) is 14.3. The second kappa shape index (κ2) is 11.3. The molecule has 4 amide bonds. The molecule has 0 aliphatic carbocycles. The summed E-state index contributed by atoms with van der Waals surface area (Å²) in [5.74, 6) is -1.44. The molecule has 1 saturated heterocycles. The van der Waals surface area contributed by atoms with Gasteiger partial charge in [0.05, 0.1) is 12.2 Å². The number of nitrogens with zero attached hydrogens (tertiary/aromatic N) is 1. The van der Waals surface area contributed by atoms with Crippen LogP contribution in [0.25, 0.3) is 10.4 Å². The van der Waals surface area contributed by atoms with E-state index in [1.54, 1.807) is 66.1 Å². The minimum Gasteiger partial charge on any atom is -0.341 e. The van der Waals surface area contributed by atoms with Gasteiger partial charge in [-0.25, -0.2) is 18.7 Å². The molecule has 1 aliphatic rings. The van der Waals surface area contributed by atoms with E-state index < -0.39 is 26.9 Å². The third-order valence-electron chi connectivity index (χ3n) is 6.58. The third-order valence-corrected chi connectivity index (χ3v) is 10.5. The number of nitrogens with one attached hydrogen (secondary N) is 3. The lowest BCUT2D eigenvalue weighted by Gasteiger charge is -2.30. The molecule has 1 atom stereocenters. The highest BCUT2D eigenvalue weighted by Gasteiger charge is 2.49. The van der Waals surface area contributed by atoms with Crippen LogP contribution in [0.3, 0.4) is 0 Å². The summed E-state index contributed by atoms with van der Waals surface area (Å²) in [6.45, 7) is 0.106. The number of amides is 4. The van der Waals surface area contributed by atoms with E-state index in [-0.39, 0.29) is 37.2 Å². The summed E-state index contributed by atoms with van der Waals surface area (Å²) in [6.07, 6.45) is -0.503. The SMILES string of the molecule is CNC(=O)Nc1cccc(-c2ccc(C3(CC(=O)NO)CCN(C(=O)c4ccccc4)CCS3(=O)=O)s2)c1. The van der Waals surface area contributed by atoms with Crippen molar-refractivity contribution in [2.75, 3.05) is 31.2 Å². The number of carbonyl (C=O) groups is 3. The molecule has 10 nitrogen and oxygen atoms in total. The molecule has 3 aromatic rings. The van der Waals surface area contributed by atoms with Crippen molar-refractivity contribution in [2.24, 2.45) is 0 Å². The standard InChI is InChI=1S/C26H28N4O6S2/c1-27-25(33)28-20-9-5-8-19(16-20)21-10-11-22(37-21)26(17-23(31)29-34)12-13-30(14-15-38(26,35)36)24(32)18-6-3-2-4-7-18/h2-11,16,34H,12-15,17H2,1H3,(H,29,31)(H2,27,28,33). The summed E-state index contributed by atoms with van der Waals surface area (Å²) < 4.78 is 25.9. The van der Waals surface area contributed by atoms with E-state index in [0.29, 0.717) is 16.1 Å². The van der Waals surface area contributed by atoms with E-state index in [1.807, 2.05) is 6.07 Å². The summed E-state index contributed by atoms with van der Waals surface area (Å²) in [5.41, 5.74) is 3.33. The van der Waals surface area contributed by atoms with Gasteiger partial charge in [-0.1, -0.05) is 30.3 Å². The molecule has 1 aliphatic heterocycles. The van der Waals surface area contributed by atoms with Crippen LogP contribution in [0.15, 0.2) is 66.7 Å². The zero-order valence-electron chi connectivity index (χ0n) is 20.6. The van der Waals surface area contributed by atoms with Gasteiger partial charge in [0, 0.05) is 41.1 Å². The molecule has 12 heteroatoms. The van der Waals surface area contributed by atoms with Crippen LogP contribution in [-0.2, 0) is 19.4 Å². The van der Waals surface area contributed by atoms with Gasteiger partial charge in [0.2, 0.25) is 5.91 Å². The van der Waals surface area contributed by atoms with Gasteiger partial charge in [0.25, 0.3) is 5.91 Å². The first-order valence-electron chi connectivity index (χ1n) is 11.9. The predicted octanol–water partition coefficient (Wildman–Crippen LogP) is 3.22. The van der Waals surface area contributed by atoms with Crippen LogP contribution in [0, 0.1) is 0 Å². The number of benzene rings is 2. The maximum Gasteiger partial charge on any atom is 0.318 e. The number of sulfone groups is 1. The molecular weight excluding hydrogens is 528 g/mol.